The second kappa shape index (κ2) is 4.40. The molecule has 78 valence electrons. The molecule has 3 N–H and O–H groups in total. The number of hydrogen-bond acceptors (Lipinski definition) is 3. The van der Waals surface area contributed by atoms with Crippen molar-refractivity contribution in [3.8, 4) is 0 Å². The van der Waals surface area contributed by atoms with Crippen molar-refractivity contribution in [1.29, 1.82) is 0 Å². The summed E-state index contributed by atoms with van der Waals surface area (Å²) in [6, 6.07) is 0.166. The van der Waals surface area contributed by atoms with Crippen LogP contribution in [-0.2, 0) is 0 Å². The zero-order valence-corrected chi connectivity index (χ0v) is 8.79. The molecule has 1 unspecified atom stereocenters. The molecule has 0 bridgehead atoms. The van der Waals surface area contributed by atoms with Gasteiger partial charge in [-0.2, -0.15) is 0 Å². The molecule has 3 nitrogen and oxygen atoms in total. The van der Waals surface area contributed by atoms with Gasteiger partial charge in [0.25, 0.3) is 0 Å². The zero-order chi connectivity index (χ0) is 9.90. The molecule has 0 amide bonds. The molecule has 1 fully saturated rings. The topological polar surface area (TPSA) is 49.5 Å². The second-order valence-corrected chi connectivity index (χ2v) is 4.81. The molecule has 0 aliphatic carbocycles. The van der Waals surface area contributed by atoms with Gasteiger partial charge in [-0.05, 0) is 24.8 Å². The smallest absolute Gasteiger partial charge is 0.0599 e. The first-order valence-electron chi connectivity index (χ1n) is 5.14. The predicted octanol–water partition coefficient (Wildman–Crippen LogP) is 0.428. The molecule has 13 heavy (non-hydrogen) atoms. The molecule has 1 heterocycles. The third-order valence-electron chi connectivity index (χ3n) is 2.93. The molecule has 0 radical (unpaired) electrons. The Labute approximate surface area is 80.9 Å². The summed E-state index contributed by atoms with van der Waals surface area (Å²) in [6.07, 6.45) is 2.51. The Hall–Kier alpha value is -0.120. The fourth-order valence-corrected chi connectivity index (χ4v) is 2.12. The molecular weight excluding hydrogens is 164 g/mol. The monoisotopic (exact) mass is 186 g/mol. The van der Waals surface area contributed by atoms with E-state index in [9.17, 15) is 0 Å². The highest BCUT2D eigenvalue weighted by molar-refractivity contribution is 4.83. The predicted molar refractivity (Wildman–Crippen MR) is 54.5 cm³/mol. The van der Waals surface area contributed by atoms with E-state index in [1.165, 1.54) is 12.8 Å². The van der Waals surface area contributed by atoms with E-state index in [2.05, 4.69) is 18.7 Å². The first-order chi connectivity index (χ1) is 6.09. The molecule has 0 aromatic heterocycles. The Morgan fingerprint density at radius 1 is 1.54 bits per heavy atom. The quantitative estimate of drug-likeness (QED) is 0.672. The lowest BCUT2D eigenvalue weighted by atomic mass is 9.83. The van der Waals surface area contributed by atoms with E-state index < -0.39 is 0 Å². The van der Waals surface area contributed by atoms with E-state index in [-0.39, 0.29) is 12.6 Å². The maximum atomic E-state index is 9.13. The van der Waals surface area contributed by atoms with Gasteiger partial charge < -0.3 is 10.8 Å². The fraction of sp³-hybridized carbons (Fsp3) is 1.00. The minimum Gasteiger partial charge on any atom is -0.395 e. The molecule has 1 aliphatic heterocycles. The summed E-state index contributed by atoms with van der Waals surface area (Å²) in [4.78, 5) is 2.32. The van der Waals surface area contributed by atoms with Gasteiger partial charge in [-0.3, -0.25) is 4.90 Å². The maximum absolute atomic E-state index is 9.13. The van der Waals surface area contributed by atoms with Crippen LogP contribution in [0.5, 0.6) is 0 Å². The highest BCUT2D eigenvalue weighted by Crippen LogP contribution is 2.29. The highest BCUT2D eigenvalue weighted by atomic mass is 16.3. The normalized spacial score (nSPS) is 25.8. The van der Waals surface area contributed by atoms with Crippen LogP contribution in [0.2, 0.25) is 0 Å². The van der Waals surface area contributed by atoms with Crippen molar-refractivity contribution in [3.63, 3.8) is 0 Å². The minimum atomic E-state index is 0.166. The number of aliphatic hydroxyl groups is 1. The lowest BCUT2D eigenvalue weighted by Crippen LogP contribution is -2.50. The third kappa shape index (κ3) is 2.93. The highest BCUT2D eigenvalue weighted by Gasteiger charge is 2.29. The summed E-state index contributed by atoms with van der Waals surface area (Å²) in [5.74, 6) is 0. The summed E-state index contributed by atoms with van der Waals surface area (Å²) < 4.78 is 0. The van der Waals surface area contributed by atoms with Crippen molar-refractivity contribution in [2.75, 3.05) is 26.2 Å². The van der Waals surface area contributed by atoms with Crippen molar-refractivity contribution in [2.24, 2.45) is 11.1 Å². The van der Waals surface area contributed by atoms with E-state index in [4.69, 9.17) is 10.8 Å². The Kier molecular flexibility index (Phi) is 3.71. The third-order valence-corrected chi connectivity index (χ3v) is 2.93. The van der Waals surface area contributed by atoms with Crippen LogP contribution in [0.25, 0.3) is 0 Å². The lowest BCUT2D eigenvalue weighted by Gasteiger charge is -2.41. The van der Waals surface area contributed by atoms with Crippen LogP contribution >= 0.6 is 0 Å². The molecule has 0 saturated carbocycles. The number of rotatable bonds is 3. The van der Waals surface area contributed by atoms with Gasteiger partial charge in [0, 0.05) is 19.1 Å². The van der Waals surface area contributed by atoms with E-state index in [0.29, 0.717) is 12.0 Å². The molecule has 1 atom stereocenters. The molecular formula is C10H22N2O. The summed E-state index contributed by atoms with van der Waals surface area (Å²) >= 11 is 0. The SMILES string of the molecule is CC1(C)CCCN(C(CN)CO)C1. The van der Waals surface area contributed by atoms with Crippen LogP contribution in [0.15, 0.2) is 0 Å². The largest absolute Gasteiger partial charge is 0.395 e. The Balaban J connectivity index is 2.50. The molecule has 0 aromatic carbocycles. The number of nitrogens with zero attached hydrogens (tertiary/aromatic N) is 1. The van der Waals surface area contributed by atoms with Crippen molar-refractivity contribution in [1.82, 2.24) is 4.90 Å². The van der Waals surface area contributed by atoms with Gasteiger partial charge >= 0.3 is 0 Å². The number of piperidine rings is 1. The standard InChI is InChI=1S/C10H22N2O/c1-10(2)4-3-5-12(8-10)9(6-11)7-13/h9,13H,3-8,11H2,1-2H3. The summed E-state index contributed by atoms with van der Waals surface area (Å²) in [7, 11) is 0. The number of nitrogens with two attached hydrogens (primary N) is 1. The van der Waals surface area contributed by atoms with Gasteiger partial charge in [0.05, 0.1) is 6.61 Å². The molecule has 3 heteroatoms. The lowest BCUT2D eigenvalue weighted by molar-refractivity contribution is 0.0531. The van der Waals surface area contributed by atoms with Gasteiger partial charge in [0.2, 0.25) is 0 Å². The van der Waals surface area contributed by atoms with Gasteiger partial charge in [0.15, 0.2) is 0 Å². The summed E-state index contributed by atoms with van der Waals surface area (Å²) in [5.41, 5.74) is 5.99. The van der Waals surface area contributed by atoms with E-state index in [0.717, 1.165) is 13.1 Å². The van der Waals surface area contributed by atoms with Gasteiger partial charge in [0.1, 0.15) is 0 Å². The first kappa shape index (κ1) is 11.0. The van der Waals surface area contributed by atoms with Crippen LogP contribution in [-0.4, -0.2) is 42.3 Å². The van der Waals surface area contributed by atoms with Crippen molar-refractivity contribution < 1.29 is 5.11 Å². The van der Waals surface area contributed by atoms with Crippen LogP contribution in [0.3, 0.4) is 0 Å². The molecule has 1 rings (SSSR count). The minimum absolute atomic E-state index is 0.166. The van der Waals surface area contributed by atoms with Gasteiger partial charge in [-0.25, -0.2) is 0 Å². The number of hydrogen-bond donors (Lipinski definition) is 2. The van der Waals surface area contributed by atoms with E-state index in [1.54, 1.807) is 0 Å². The van der Waals surface area contributed by atoms with Crippen LogP contribution in [0, 0.1) is 5.41 Å². The molecule has 0 aromatic rings. The van der Waals surface area contributed by atoms with Crippen molar-refractivity contribution >= 4 is 0 Å². The number of likely N-dealkylation sites (tertiary alicyclic amines) is 1. The number of aliphatic hydroxyl groups excluding tert-OH is 1. The van der Waals surface area contributed by atoms with Gasteiger partial charge in [-0.15, -0.1) is 0 Å². The zero-order valence-electron chi connectivity index (χ0n) is 8.79. The Morgan fingerprint density at radius 3 is 2.69 bits per heavy atom. The summed E-state index contributed by atoms with van der Waals surface area (Å²) in [5, 5.41) is 9.13. The van der Waals surface area contributed by atoms with Crippen molar-refractivity contribution in [2.45, 2.75) is 32.7 Å². The van der Waals surface area contributed by atoms with Crippen LogP contribution < -0.4 is 5.73 Å². The average Bonchev–Trinajstić information content (AvgIpc) is 2.05. The maximum Gasteiger partial charge on any atom is 0.0599 e. The Morgan fingerprint density at radius 2 is 2.23 bits per heavy atom. The van der Waals surface area contributed by atoms with E-state index in [1.807, 2.05) is 0 Å². The average molecular weight is 186 g/mol. The van der Waals surface area contributed by atoms with Crippen molar-refractivity contribution in [3.05, 3.63) is 0 Å². The van der Waals surface area contributed by atoms with Crippen LogP contribution in [0.4, 0.5) is 0 Å². The second-order valence-electron chi connectivity index (χ2n) is 4.81. The van der Waals surface area contributed by atoms with Gasteiger partial charge in [-0.1, -0.05) is 13.8 Å². The molecule has 0 spiro atoms. The first-order valence-corrected chi connectivity index (χ1v) is 5.14. The Bertz CT molecular complexity index is 155. The summed E-state index contributed by atoms with van der Waals surface area (Å²) in [6.45, 7) is 7.47. The molecule has 1 aliphatic rings. The fourth-order valence-electron chi connectivity index (χ4n) is 2.12. The van der Waals surface area contributed by atoms with E-state index >= 15 is 0 Å². The molecule has 1 saturated heterocycles. The van der Waals surface area contributed by atoms with Crippen LogP contribution in [0.1, 0.15) is 26.7 Å².